The van der Waals surface area contributed by atoms with Gasteiger partial charge in [-0.15, -0.1) is 11.3 Å². The molecule has 1 saturated heterocycles. The molecule has 2 atom stereocenters. The highest BCUT2D eigenvalue weighted by molar-refractivity contribution is 7.10. The zero-order valence-electron chi connectivity index (χ0n) is 18.2. The number of quaternary nitrogens is 1. The largest absolute Gasteiger partial charge is 0.507 e. The van der Waals surface area contributed by atoms with E-state index >= 15 is 0 Å². The van der Waals surface area contributed by atoms with Crippen LogP contribution in [-0.4, -0.2) is 54.0 Å². The molecule has 31 heavy (non-hydrogen) atoms. The maximum absolute atomic E-state index is 13.1. The van der Waals surface area contributed by atoms with Crippen molar-refractivity contribution in [3.8, 4) is 5.75 Å². The first-order valence-corrected chi connectivity index (χ1v) is 11.8. The zero-order valence-corrected chi connectivity index (χ0v) is 19.0. The highest BCUT2D eigenvalue weighted by Gasteiger charge is 2.46. The molecule has 0 aliphatic carbocycles. The minimum atomic E-state index is -0.615. The predicted octanol–water partition coefficient (Wildman–Crippen LogP) is 2.42. The molecule has 0 unspecified atom stereocenters. The van der Waals surface area contributed by atoms with Crippen molar-refractivity contribution in [2.75, 3.05) is 26.2 Å². The van der Waals surface area contributed by atoms with Crippen LogP contribution in [0.1, 0.15) is 42.8 Å². The monoisotopic (exact) mass is 441 g/mol. The van der Waals surface area contributed by atoms with Crippen molar-refractivity contribution in [2.24, 2.45) is 0 Å². The van der Waals surface area contributed by atoms with Crippen LogP contribution in [0, 0.1) is 0 Å². The van der Waals surface area contributed by atoms with Crippen molar-refractivity contribution in [1.29, 1.82) is 0 Å². The van der Waals surface area contributed by atoms with E-state index in [2.05, 4.69) is 13.8 Å². The number of benzene rings is 1. The van der Waals surface area contributed by atoms with Gasteiger partial charge in [0.25, 0.3) is 11.7 Å². The summed E-state index contributed by atoms with van der Waals surface area (Å²) in [5.74, 6) is -0.460. The average Bonchev–Trinajstić information content (AvgIpc) is 3.47. The normalized spacial score (nSPS) is 22.3. The molecule has 6 nitrogen and oxygen atoms in total. The molecule has 1 aromatic heterocycles. The van der Waals surface area contributed by atoms with E-state index in [-0.39, 0.29) is 17.4 Å². The van der Waals surface area contributed by atoms with Crippen LogP contribution in [0.3, 0.4) is 0 Å². The van der Waals surface area contributed by atoms with Gasteiger partial charge in [0.15, 0.2) is 0 Å². The number of fused-ring (bicyclic) bond motifs is 1. The first-order chi connectivity index (χ1) is 14.9. The van der Waals surface area contributed by atoms with Crippen LogP contribution in [0.25, 0.3) is 5.76 Å². The van der Waals surface area contributed by atoms with Gasteiger partial charge in [-0.25, -0.2) is 0 Å². The number of carbonyl (C=O) groups excluding carboxylic acids is 2. The van der Waals surface area contributed by atoms with E-state index in [0.717, 1.165) is 42.2 Å². The number of hydrogen-bond acceptors (Lipinski definition) is 5. The van der Waals surface area contributed by atoms with Gasteiger partial charge in [-0.2, -0.15) is 0 Å². The Bertz CT molecular complexity index is 1010. The molecular weight excluding hydrogens is 412 g/mol. The summed E-state index contributed by atoms with van der Waals surface area (Å²) in [6.07, 6.45) is 0.845. The summed E-state index contributed by atoms with van der Waals surface area (Å²) >= 11 is 1.49. The Morgan fingerprint density at radius 1 is 1.26 bits per heavy atom. The number of likely N-dealkylation sites (N-methyl/N-ethyl adjacent to an activating group) is 1. The maximum atomic E-state index is 13.1. The van der Waals surface area contributed by atoms with Gasteiger partial charge in [0.2, 0.25) is 0 Å². The number of nitrogens with one attached hydrogen (secondary N) is 1. The lowest BCUT2D eigenvalue weighted by Crippen LogP contribution is -3.12. The number of amides is 1. The molecule has 2 N–H and O–H groups in total. The minimum Gasteiger partial charge on any atom is -0.507 e. The molecule has 164 valence electrons. The molecule has 0 spiro atoms. The third-order valence-corrected chi connectivity index (χ3v) is 7.15. The van der Waals surface area contributed by atoms with Gasteiger partial charge < -0.3 is 19.6 Å². The van der Waals surface area contributed by atoms with Gasteiger partial charge >= 0.3 is 0 Å². The molecule has 1 amide bonds. The van der Waals surface area contributed by atoms with Crippen molar-refractivity contribution in [3.05, 3.63) is 57.3 Å². The second-order valence-corrected chi connectivity index (χ2v) is 9.15. The van der Waals surface area contributed by atoms with Crippen LogP contribution < -0.4 is 9.64 Å². The van der Waals surface area contributed by atoms with E-state index in [4.69, 9.17) is 4.74 Å². The van der Waals surface area contributed by atoms with Gasteiger partial charge in [0.05, 0.1) is 37.8 Å². The lowest BCUT2D eigenvalue weighted by Gasteiger charge is -2.25. The summed E-state index contributed by atoms with van der Waals surface area (Å²) in [6, 6.07) is 8.72. The number of rotatable bonds is 7. The highest BCUT2D eigenvalue weighted by Crippen LogP contribution is 2.41. The van der Waals surface area contributed by atoms with Gasteiger partial charge in [-0.3, -0.25) is 9.59 Å². The zero-order chi connectivity index (χ0) is 22.1. The number of likely N-dealkylation sites (tertiary alicyclic amines) is 1. The predicted molar refractivity (Wildman–Crippen MR) is 120 cm³/mol. The van der Waals surface area contributed by atoms with Crippen LogP contribution in [-0.2, 0) is 16.0 Å². The van der Waals surface area contributed by atoms with E-state index in [1.807, 2.05) is 36.6 Å². The fourth-order valence-corrected chi connectivity index (χ4v) is 5.31. The summed E-state index contributed by atoms with van der Waals surface area (Å²) in [4.78, 5) is 29.9. The van der Waals surface area contributed by atoms with Gasteiger partial charge in [-0.05, 0) is 56.0 Å². The second kappa shape index (κ2) is 8.85. The molecule has 4 rings (SSSR count). The van der Waals surface area contributed by atoms with Crippen molar-refractivity contribution < 1.29 is 24.3 Å². The Morgan fingerprint density at radius 3 is 2.71 bits per heavy atom. The van der Waals surface area contributed by atoms with Crippen LogP contribution in [0.5, 0.6) is 5.75 Å². The number of ketones is 1. The Labute approximate surface area is 186 Å². The fraction of sp³-hybridized carbons (Fsp3) is 0.417. The third kappa shape index (κ3) is 4.00. The fourth-order valence-electron chi connectivity index (χ4n) is 4.46. The van der Waals surface area contributed by atoms with Crippen LogP contribution in [0.4, 0.5) is 0 Å². The lowest BCUT2D eigenvalue weighted by molar-refractivity contribution is -0.895. The standard InChI is InChI=1S/C24H28N2O4S/c1-4-25(5-2)10-11-26-21(19-7-6-12-31-19)20(23(28)24(26)29)22(27)16-8-9-18-17(14-16)13-15(3)30-18/h6-9,12,14-15,21,27H,4-5,10-11,13H2,1-3H3/p+1/t15-,21-/m1/s1. The smallest absolute Gasteiger partial charge is 0.295 e. The van der Waals surface area contributed by atoms with E-state index in [9.17, 15) is 14.7 Å². The quantitative estimate of drug-likeness (QED) is 0.393. The van der Waals surface area contributed by atoms with Crippen molar-refractivity contribution in [1.82, 2.24) is 4.90 Å². The molecule has 0 radical (unpaired) electrons. The number of carbonyl (C=O) groups is 2. The van der Waals surface area contributed by atoms with Crippen molar-refractivity contribution >= 4 is 28.8 Å². The number of aliphatic hydroxyl groups excluding tert-OH is 1. The topological polar surface area (TPSA) is 71.3 Å². The Hall–Kier alpha value is -2.64. The van der Waals surface area contributed by atoms with E-state index in [1.54, 1.807) is 11.0 Å². The summed E-state index contributed by atoms with van der Waals surface area (Å²) in [6.45, 7) is 9.37. The number of Topliss-reactive ketones (excluding diaryl/α,β-unsaturated/α-hetero) is 1. The van der Waals surface area contributed by atoms with Crippen molar-refractivity contribution in [2.45, 2.75) is 39.3 Å². The summed E-state index contributed by atoms with van der Waals surface area (Å²) < 4.78 is 5.75. The van der Waals surface area contributed by atoms with Crippen LogP contribution in [0.2, 0.25) is 0 Å². The van der Waals surface area contributed by atoms with E-state index in [1.165, 1.54) is 16.2 Å². The molecule has 2 aromatic rings. The minimum absolute atomic E-state index is 0.0895. The van der Waals surface area contributed by atoms with Gasteiger partial charge in [0, 0.05) is 16.9 Å². The SMILES string of the molecule is CC[NH+](CC)CCN1C(=O)C(=O)C(=C(O)c2ccc3c(c2)C[C@@H](C)O3)[C@H]1c1cccs1. The van der Waals surface area contributed by atoms with E-state index < -0.39 is 17.7 Å². The Balaban J connectivity index is 1.74. The summed E-state index contributed by atoms with van der Waals surface area (Å²) in [5.41, 5.74) is 1.72. The molecule has 0 saturated carbocycles. The summed E-state index contributed by atoms with van der Waals surface area (Å²) in [5, 5.41) is 13.1. The maximum Gasteiger partial charge on any atom is 0.295 e. The first kappa shape index (κ1) is 21.6. The molecule has 2 aliphatic heterocycles. The first-order valence-electron chi connectivity index (χ1n) is 10.9. The molecule has 3 heterocycles. The van der Waals surface area contributed by atoms with Crippen molar-refractivity contribution in [3.63, 3.8) is 0 Å². The molecule has 1 fully saturated rings. The number of nitrogens with zero attached hydrogens (tertiary/aromatic N) is 1. The third-order valence-electron chi connectivity index (χ3n) is 6.23. The van der Waals surface area contributed by atoms with Crippen LogP contribution >= 0.6 is 11.3 Å². The number of thiophene rings is 1. The molecule has 1 aromatic carbocycles. The Morgan fingerprint density at radius 2 is 2.03 bits per heavy atom. The lowest BCUT2D eigenvalue weighted by atomic mass is 9.98. The Kier molecular flexibility index (Phi) is 6.16. The average molecular weight is 442 g/mol. The molecule has 7 heteroatoms. The molecule has 0 bridgehead atoms. The number of ether oxygens (including phenoxy) is 1. The highest BCUT2D eigenvalue weighted by atomic mass is 32.1. The van der Waals surface area contributed by atoms with E-state index in [0.29, 0.717) is 12.1 Å². The van der Waals surface area contributed by atoms with Gasteiger partial charge in [-0.1, -0.05) is 6.07 Å². The molecular formula is C24H29N2O4S+. The molecule has 2 aliphatic rings. The second-order valence-electron chi connectivity index (χ2n) is 8.17. The number of hydrogen-bond donors (Lipinski definition) is 2. The summed E-state index contributed by atoms with van der Waals surface area (Å²) in [7, 11) is 0. The van der Waals surface area contributed by atoms with Gasteiger partial charge in [0.1, 0.15) is 17.6 Å². The van der Waals surface area contributed by atoms with Crippen LogP contribution in [0.15, 0.2) is 41.3 Å². The number of aliphatic hydroxyl groups is 1.